The van der Waals surface area contributed by atoms with Gasteiger partial charge in [0.15, 0.2) is 0 Å². The smallest absolute Gasteiger partial charge is 0.252 e. The van der Waals surface area contributed by atoms with Gasteiger partial charge in [-0.3, -0.25) is 4.79 Å². The van der Waals surface area contributed by atoms with Gasteiger partial charge in [-0.1, -0.05) is 17.7 Å². The van der Waals surface area contributed by atoms with Crippen LogP contribution in [0.15, 0.2) is 18.2 Å². The lowest BCUT2D eigenvalue weighted by molar-refractivity contribution is -0.858. The van der Waals surface area contributed by atoms with Crippen LogP contribution in [0.4, 0.5) is 0 Å². The second-order valence-corrected chi connectivity index (χ2v) is 4.96. The number of amides is 1. The number of carbonyl (C=O) groups is 1. The van der Waals surface area contributed by atoms with Gasteiger partial charge in [-0.05, 0) is 24.6 Å². The molecule has 0 bridgehead atoms. The van der Waals surface area contributed by atoms with Gasteiger partial charge in [0, 0.05) is 13.0 Å². The highest BCUT2D eigenvalue weighted by Gasteiger charge is 2.09. The molecule has 2 N–H and O–H groups in total. The van der Waals surface area contributed by atoms with E-state index in [9.17, 15) is 4.79 Å². The summed E-state index contributed by atoms with van der Waals surface area (Å²) in [4.78, 5) is 13.2. The van der Waals surface area contributed by atoms with Gasteiger partial charge in [0.05, 0.1) is 31.2 Å². The summed E-state index contributed by atoms with van der Waals surface area (Å²) in [5.41, 5.74) is 1.61. The van der Waals surface area contributed by atoms with Gasteiger partial charge in [-0.15, -0.1) is 0 Å². The first kappa shape index (κ1) is 14.0. The molecule has 0 aromatic heterocycles. The molecule has 4 heteroatoms. The number of benzene rings is 1. The van der Waals surface area contributed by atoms with Crippen molar-refractivity contribution in [3.05, 3.63) is 34.3 Å². The molecule has 0 aliphatic rings. The van der Waals surface area contributed by atoms with E-state index < -0.39 is 0 Å². The lowest BCUT2D eigenvalue weighted by atomic mass is 10.1. The lowest BCUT2D eigenvalue weighted by Gasteiger charge is -2.09. The van der Waals surface area contributed by atoms with Crippen LogP contribution in [0.3, 0.4) is 0 Å². The molecule has 94 valence electrons. The first-order chi connectivity index (χ1) is 8.00. The zero-order valence-electron chi connectivity index (χ0n) is 10.6. The topological polar surface area (TPSA) is 33.5 Å². The quantitative estimate of drug-likeness (QED) is 0.754. The molecule has 0 aliphatic heterocycles. The molecule has 0 atom stereocenters. The molecule has 0 heterocycles. The van der Waals surface area contributed by atoms with Gasteiger partial charge in [-0.2, -0.15) is 0 Å². The number of halogens is 1. The maximum Gasteiger partial charge on any atom is 0.252 e. The Morgan fingerprint density at radius 3 is 2.71 bits per heavy atom. The lowest BCUT2D eigenvalue weighted by Crippen LogP contribution is -3.05. The van der Waals surface area contributed by atoms with E-state index in [1.165, 1.54) is 4.90 Å². The largest absolute Gasteiger partial charge is 0.352 e. The number of aryl methyl sites for hydroxylation is 1. The third-order valence-corrected chi connectivity index (χ3v) is 2.82. The fourth-order valence-corrected chi connectivity index (χ4v) is 1.86. The molecule has 17 heavy (non-hydrogen) atoms. The molecule has 0 unspecified atom stereocenters. The predicted molar refractivity (Wildman–Crippen MR) is 70.8 cm³/mol. The van der Waals surface area contributed by atoms with Crippen molar-refractivity contribution in [3.8, 4) is 0 Å². The Hall–Kier alpha value is -1.06. The number of rotatable bonds is 5. The minimum absolute atomic E-state index is 0.0937. The van der Waals surface area contributed by atoms with E-state index in [2.05, 4.69) is 19.4 Å². The molecule has 3 nitrogen and oxygen atoms in total. The van der Waals surface area contributed by atoms with E-state index in [-0.39, 0.29) is 5.91 Å². The minimum Gasteiger partial charge on any atom is -0.352 e. The van der Waals surface area contributed by atoms with E-state index in [0.29, 0.717) is 17.1 Å². The van der Waals surface area contributed by atoms with E-state index in [1.807, 2.05) is 13.0 Å². The third kappa shape index (κ3) is 4.75. The highest BCUT2D eigenvalue weighted by molar-refractivity contribution is 6.33. The Bertz CT molecular complexity index is 391. The summed E-state index contributed by atoms with van der Waals surface area (Å²) < 4.78 is 0. The Kier molecular flexibility index (Phi) is 5.45. The van der Waals surface area contributed by atoms with Gasteiger partial charge in [-0.25, -0.2) is 0 Å². The van der Waals surface area contributed by atoms with Gasteiger partial charge < -0.3 is 10.2 Å². The SMILES string of the molecule is Cc1ccc(C(=O)NCCC[NH+](C)C)c(Cl)c1. The average molecular weight is 256 g/mol. The summed E-state index contributed by atoms with van der Waals surface area (Å²) in [6, 6.07) is 5.47. The predicted octanol–water partition coefficient (Wildman–Crippen LogP) is 0.913. The summed E-state index contributed by atoms with van der Waals surface area (Å²) in [5.74, 6) is -0.0937. The van der Waals surface area contributed by atoms with Crippen molar-refractivity contribution >= 4 is 17.5 Å². The van der Waals surface area contributed by atoms with Gasteiger partial charge >= 0.3 is 0 Å². The molecule has 0 spiro atoms. The Morgan fingerprint density at radius 2 is 2.12 bits per heavy atom. The van der Waals surface area contributed by atoms with Crippen LogP contribution in [-0.2, 0) is 0 Å². The molecular formula is C13H20ClN2O+. The van der Waals surface area contributed by atoms with Crippen molar-refractivity contribution in [2.75, 3.05) is 27.2 Å². The van der Waals surface area contributed by atoms with E-state index in [0.717, 1.165) is 18.5 Å². The number of hydrogen-bond acceptors (Lipinski definition) is 1. The van der Waals surface area contributed by atoms with Crippen LogP contribution in [0.2, 0.25) is 5.02 Å². The average Bonchev–Trinajstić information content (AvgIpc) is 2.23. The summed E-state index contributed by atoms with van der Waals surface area (Å²) in [6.45, 7) is 3.68. The molecule has 1 aromatic rings. The summed E-state index contributed by atoms with van der Waals surface area (Å²) in [6.07, 6.45) is 0.970. The Morgan fingerprint density at radius 1 is 1.41 bits per heavy atom. The second kappa shape index (κ2) is 6.62. The Labute approximate surface area is 108 Å². The van der Waals surface area contributed by atoms with E-state index in [4.69, 9.17) is 11.6 Å². The maximum atomic E-state index is 11.8. The molecule has 0 fully saturated rings. The van der Waals surface area contributed by atoms with Crippen molar-refractivity contribution in [1.82, 2.24) is 5.32 Å². The van der Waals surface area contributed by atoms with Crippen molar-refractivity contribution in [3.63, 3.8) is 0 Å². The summed E-state index contributed by atoms with van der Waals surface area (Å²) in [5, 5.41) is 3.39. The fourth-order valence-electron chi connectivity index (χ4n) is 1.54. The summed E-state index contributed by atoms with van der Waals surface area (Å²) in [7, 11) is 4.19. The molecule has 1 rings (SSSR count). The van der Waals surface area contributed by atoms with Crippen LogP contribution >= 0.6 is 11.6 Å². The second-order valence-electron chi connectivity index (χ2n) is 4.55. The number of hydrogen-bond donors (Lipinski definition) is 2. The monoisotopic (exact) mass is 255 g/mol. The summed E-state index contributed by atoms with van der Waals surface area (Å²) >= 11 is 6.02. The molecule has 0 radical (unpaired) electrons. The van der Waals surface area contributed by atoms with Crippen molar-refractivity contribution < 1.29 is 9.69 Å². The van der Waals surface area contributed by atoms with E-state index in [1.54, 1.807) is 12.1 Å². The van der Waals surface area contributed by atoms with Crippen molar-refractivity contribution in [1.29, 1.82) is 0 Å². The van der Waals surface area contributed by atoms with Crippen LogP contribution in [0.1, 0.15) is 22.3 Å². The molecule has 0 saturated heterocycles. The first-order valence-corrected chi connectivity index (χ1v) is 6.22. The highest BCUT2D eigenvalue weighted by Crippen LogP contribution is 2.17. The van der Waals surface area contributed by atoms with Gasteiger partial charge in [0.1, 0.15) is 0 Å². The van der Waals surface area contributed by atoms with Crippen LogP contribution < -0.4 is 10.2 Å². The first-order valence-electron chi connectivity index (χ1n) is 5.84. The van der Waals surface area contributed by atoms with Crippen molar-refractivity contribution in [2.45, 2.75) is 13.3 Å². The normalized spacial score (nSPS) is 10.6. The van der Waals surface area contributed by atoms with Crippen LogP contribution in [-0.4, -0.2) is 33.1 Å². The van der Waals surface area contributed by atoms with Crippen LogP contribution in [0.25, 0.3) is 0 Å². The fraction of sp³-hybridized carbons (Fsp3) is 0.462. The highest BCUT2D eigenvalue weighted by atomic mass is 35.5. The van der Waals surface area contributed by atoms with Gasteiger partial charge in [0.2, 0.25) is 0 Å². The van der Waals surface area contributed by atoms with Crippen molar-refractivity contribution in [2.24, 2.45) is 0 Å². The number of nitrogens with one attached hydrogen (secondary N) is 2. The minimum atomic E-state index is -0.0937. The molecule has 1 amide bonds. The molecular weight excluding hydrogens is 236 g/mol. The van der Waals surface area contributed by atoms with Crippen LogP contribution in [0.5, 0.6) is 0 Å². The molecule has 0 saturated carbocycles. The Balaban J connectivity index is 2.47. The van der Waals surface area contributed by atoms with Crippen LogP contribution in [0, 0.1) is 6.92 Å². The zero-order chi connectivity index (χ0) is 12.8. The zero-order valence-corrected chi connectivity index (χ0v) is 11.4. The number of carbonyl (C=O) groups excluding carboxylic acids is 1. The molecule has 1 aromatic carbocycles. The number of quaternary nitrogens is 1. The maximum absolute atomic E-state index is 11.8. The standard InChI is InChI=1S/C13H19ClN2O/c1-10-5-6-11(12(14)9-10)13(17)15-7-4-8-16(2)3/h5-6,9H,4,7-8H2,1-3H3,(H,15,17)/p+1. The van der Waals surface area contributed by atoms with Gasteiger partial charge in [0.25, 0.3) is 5.91 Å². The van der Waals surface area contributed by atoms with E-state index >= 15 is 0 Å². The third-order valence-electron chi connectivity index (χ3n) is 2.51. The molecule has 0 aliphatic carbocycles.